The predicted molar refractivity (Wildman–Crippen MR) is 115 cm³/mol. The molecule has 0 atom stereocenters. The number of nitrogens with one attached hydrogen (secondary N) is 1. The molecule has 1 fully saturated rings. The van der Waals surface area contributed by atoms with Crippen molar-refractivity contribution in [1.82, 2.24) is 0 Å². The minimum atomic E-state index is -3.64. The lowest BCUT2D eigenvalue weighted by atomic mass is 10.1. The van der Waals surface area contributed by atoms with E-state index in [1.807, 2.05) is 26.0 Å². The number of aryl methyl sites for hydroxylation is 2. The topological polar surface area (TPSA) is 86.8 Å². The fourth-order valence-corrected chi connectivity index (χ4v) is 4.24. The maximum absolute atomic E-state index is 12.6. The van der Waals surface area contributed by atoms with Crippen LogP contribution in [0.2, 0.25) is 0 Å². The van der Waals surface area contributed by atoms with Gasteiger partial charge in [-0.25, -0.2) is 8.42 Å². The lowest BCUT2D eigenvalue weighted by Gasteiger charge is -2.23. The van der Waals surface area contributed by atoms with Gasteiger partial charge < -0.3 is 10.2 Å². The van der Waals surface area contributed by atoms with Gasteiger partial charge in [-0.1, -0.05) is 18.2 Å². The zero-order valence-corrected chi connectivity index (χ0v) is 17.6. The Morgan fingerprint density at radius 1 is 1.17 bits per heavy atom. The van der Waals surface area contributed by atoms with E-state index in [4.69, 9.17) is 0 Å². The fourth-order valence-electron chi connectivity index (χ4n) is 3.39. The van der Waals surface area contributed by atoms with Gasteiger partial charge in [0.15, 0.2) is 0 Å². The highest BCUT2D eigenvalue weighted by Crippen LogP contribution is 2.28. The summed E-state index contributed by atoms with van der Waals surface area (Å²) >= 11 is 0. The van der Waals surface area contributed by atoms with Crippen molar-refractivity contribution in [2.45, 2.75) is 26.7 Å². The van der Waals surface area contributed by atoms with Crippen molar-refractivity contribution in [2.24, 2.45) is 0 Å². The number of amides is 2. The van der Waals surface area contributed by atoms with Crippen molar-refractivity contribution in [2.75, 3.05) is 33.9 Å². The summed E-state index contributed by atoms with van der Waals surface area (Å²) in [6.07, 6.45) is 2.41. The Hall–Kier alpha value is -2.87. The van der Waals surface area contributed by atoms with Gasteiger partial charge in [-0.15, -0.1) is 0 Å². The van der Waals surface area contributed by atoms with Crippen LogP contribution in [0.3, 0.4) is 0 Å². The molecule has 1 heterocycles. The Morgan fingerprint density at radius 3 is 2.55 bits per heavy atom. The van der Waals surface area contributed by atoms with Gasteiger partial charge in [0.05, 0.1) is 11.9 Å². The number of hydrogen-bond donors (Lipinski definition) is 1. The van der Waals surface area contributed by atoms with Gasteiger partial charge >= 0.3 is 0 Å². The summed E-state index contributed by atoms with van der Waals surface area (Å²) in [5.41, 5.74) is 3.57. The highest BCUT2D eigenvalue weighted by atomic mass is 32.2. The smallest absolute Gasteiger partial charge is 0.245 e. The third-order valence-corrected chi connectivity index (χ3v) is 5.97. The van der Waals surface area contributed by atoms with Crippen molar-refractivity contribution in [3.05, 3.63) is 53.6 Å². The van der Waals surface area contributed by atoms with Crippen LogP contribution in [0, 0.1) is 13.8 Å². The molecule has 0 unspecified atom stereocenters. The molecule has 1 aliphatic heterocycles. The number of anilines is 3. The zero-order chi connectivity index (χ0) is 21.2. The molecule has 0 aliphatic carbocycles. The number of carbonyl (C=O) groups excluding carboxylic acids is 2. The van der Waals surface area contributed by atoms with Gasteiger partial charge in [-0.3, -0.25) is 13.9 Å². The molecule has 2 aromatic rings. The first-order valence-electron chi connectivity index (χ1n) is 9.40. The summed E-state index contributed by atoms with van der Waals surface area (Å²) in [7, 11) is -3.64. The Bertz CT molecular complexity index is 1050. The van der Waals surface area contributed by atoms with Crippen LogP contribution in [-0.2, 0) is 19.6 Å². The van der Waals surface area contributed by atoms with Crippen LogP contribution in [0.15, 0.2) is 42.5 Å². The summed E-state index contributed by atoms with van der Waals surface area (Å²) in [6, 6.07) is 12.3. The first-order valence-corrected chi connectivity index (χ1v) is 11.3. The monoisotopic (exact) mass is 415 g/mol. The van der Waals surface area contributed by atoms with Gasteiger partial charge in [0.25, 0.3) is 0 Å². The number of sulfonamides is 1. The van der Waals surface area contributed by atoms with Crippen molar-refractivity contribution < 1.29 is 18.0 Å². The van der Waals surface area contributed by atoms with Gasteiger partial charge in [-0.05, 0) is 55.7 Å². The number of carbonyl (C=O) groups is 2. The quantitative estimate of drug-likeness (QED) is 0.786. The largest absolute Gasteiger partial charge is 0.324 e. The van der Waals surface area contributed by atoms with E-state index >= 15 is 0 Å². The summed E-state index contributed by atoms with van der Waals surface area (Å²) in [4.78, 5) is 26.4. The van der Waals surface area contributed by atoms with Crippen LogP contribution in [0.25, 0.3) is 0 Å². The maximum atomic E-state index is 12.6. The molecule has 2 aromatic carbocycles. The van der Waals surface area contributed by atoms with Gasteiger partial charge in [0, 0.05) is 24.3 Å². The molecule has 1 saturated heterocycles. The predicted octanol–water partition coefficient (Wildman–Crippen LogP) is 2.83. The summed E-state index contributed by atoms with van der Waals surface area (Å²) in [5.74, 6) is -0.390. The molecular weight excluding hydrogens is 390 g/mol. The van der Waals surface area contributed by atoms with E-state index in [1.165, 1.54) is 0 Å². The fraction of sp³-hybridized carbons (Fsp3) is 0.333. The Labute approximate surface area is 171 Å². The third-order valence-electron chi connectivity index (χ3n) is 4.83. The van der Waals surface area contributed by atoms with E-state index in [9.17, 15) is 18.0 Å². The van der Waals surface area contributed by atoms with Crippen molar-refractivity contribution in [3.63, 3.8) is 0 Å². The normalized spacial score (nSPS) is 14.2. The molecule has 3 rings (SSSR count). The summed E-state index contributed by atoms with van der Waals surface area (Å²) in [6.45, 7) is 4.09. The second-order valence-electron chi connectivity index (χ2n) is 7.31. The second-order valence-corrected chi connectivity index (χ2v) is 9.21. The highest BCUT2D eigenvalue weighted by Gasteiger charge is 2.24. The van der Waals surface area contributed by atoms with E-state index in [-0.39, 0.29) is 12.5 Å². The first kappa shape index (κ1) is 20.9. The molecule has 8 heteroatoms. The molecular formula is C21H25N3O4S. The molecule has 1 aliphatic rings. The molecule has 0 radical (unpaired) electrons. The molecule has 7 nitrogen and oxygen atoms in total. The molecule has 1 N–H and O–H groups in total. The SMILES string of the molecule is Cc1cccc(N(CC(=O)Nc2ccc(C)c(N3CCCC3=O)c2)S(C)(=O)=O)c1. The lowest BCUT2D eigenvalue weighted by Crippen LogP contribution is -2.37. The Morgan fingerprint density at radius 2 is 1.93 bits per heavy atom. The van der Waals surface area contributed by atoms with Crippen molar-refractivity contribution in [1.29, 1.82) is 0 Å². The molecule has 29 heavy (non-hydrogen) atoms. The number of hydrogen-bond acceptors (Lipinski definition) is 4. The average molecular weight is 416 g/mol. The molecule has 0 aromatic heterocycles. The van der Waals surface area contributed by atoms with E-state index < -0.39 is 15.9 Å². The van der Waals surface area contributed by atoms with E-state index in [1.54, 1.807) is 35.2 Å². The van der Waals surface area contributed by atoms with Crippen molar-refractivity contribution in [3.8, 4) is 0 Å². The van der Waals surface area contributed by atoms with E-state index in [0.29, 0.717) is 24.3 Å². The minimum absolute atomic E-state index is 0.0688. The maximum Gasteiger partial charge on any atom is 0.245 e. The second kappa shape index (κ2) is 8.24. The van der Waals surface area contributed by atoms with Crippen LogP contribution in [0.5, 0.6) is 0 Å². The summed E-state index contributed by atoms with van der Waals surface area (Å²) < 4.78 is 25.6. The Balaban J connectivity index is 1.79. The van der Waals surface area contributed by atoms with Gasteiger partial charge in [0.1, 0.15) is 6.54 Å². The van der Waals surface area contributed by atoms with Gasteiger partial charge in [-0.2, -0.15) is 0 Å². The van der Waals surface area contributed by atoms with Gasteiger partial charge in [0.2, 0.25) is 21.8 Å². The molecule has 154 valence electrons. The molecule has 0 spiro atoms. The third kappa shape index (κ3) is 4.95. The van der Waals surface area contributed by atoms with Crippen LogP contribution < -0.4 is 14.5 Å². The van der Waals surface area contributed by atoms with Crippen molar-refractivity contribution >= 4 is 38.9 Å². The van der Waals surface area contributed by atoms with Crippen LogP contribution in [0.4, 0.5) is 17.1 Å². The lowest BCUT2D eigenvalue weighted by molar-refractivity contribution is -0.117. The minimum Gasteiger partial charge on any atom is -0.324 e. The molecule has 0 bridgehead atoms. The average Bonchev–Trinajstić information content (AvgIpc) is 3.06. The van der Waals surface area contributed by atoms with Crippen LogP contribution in [-0.4, -0.2) is 39.6 Å². The zero-order valence-electron chi connectivity index (χ0n) is 16.8. The number of nitrogens with zero attached hydrogens (tertiary/aromatic N) is 2. The van der Waals surface area contributed by atoms with E-state index in [2.05, 4.69) is 5.32 Å². The summed E-state index contributed by atoms with van der Waals surface area (Å²) in [5, 5.41) is 2.75. The molecule has 2 amide bonds. The first-order chi connectivity index (χ1) is 13.6. The Kier molecular flexibility index (Phi) is 5.93. The highest BCUT2D eigenvalue weighted by molar-refractivity contribution is 7.92. The standard InChI is InChI=1S/C21H25N3O4S/c1-15-6-4-7-18(12-15)24(29(3,27)28)14-20(25)22-17-10-9-16(2)19(13-17)23-11-5-8-21(23)26/h4,6-7,9-10,12-13H,5,8,11,14H2,1-3H3,(H,22,25). The number of benzene rings is 2. The number of rotatable bonds is 6. The van der Waals surface area contributed by atoms with Crippen LogP contribution in [0.1, 0.15) is 24.0 Å². The van der Waals surface area contributed by atoms with E-state index in [0.717, 1.165) is 33.8 Å². The molecule has 0 saturated carbocycles. The van der Waals surface area contributed by atoms with Crippen LogP contribution >= 0.6 is 0 Å².